The summed E-state index contributed by atoms with van der Waals surface area (Å²) in [5.41, 5.74) is 0. The predicted octanol–water partition coefficient (Wildman–Crippen LogP) is -0.0610. The molecule has 0 radical (unpaired) electrons. The van der Waals surface area contributed by atoms with Crippen molar-refractivity contribution in [1.82, 2.24) is 9.55 Å². The second kappa shape index (κ2) is 4.13. The summed E-state index contributed by atoms with van der Waals surface area (Å²) in [5, 5.41) is 0. The number of hydrogen-bond acceptors (Lipinski definition) is 1. The fourth-order valence-electron chi connectivity index (χ4n) is 1.17. The van der Waals surface area contributed by atoms with E-state index in [4.69, 9.17) is 0 Å². The maximum absolute atomic E-state index is 4.40. The molecule has 0 bridgehead atoms. The Hall–Kier alpha value is 1.17. The smallest absolute Gasteiger partial charge is 1.00 e. The summed E-state index contributed by atoms with van der Waals surface area (Å²) in [7, 11) is 2.04. The van der Waals surface area contributed by atoms with Crippen LogP contribution >= 0.6 is 31.9 Å². The molecule has 2 nitrogen and oxygen atoms in total. The zero-order chi connectivity index (χ0) is 8.01. The van der Waals surface area contributed by atoms with E-state index < -0.39 is 0 Å². The summed E-state index contributed by atoms with van der Waals surface area (Å²) in [6.45, 7) is 0. The van der Waals surface area contributed by atoms with Gasteiger partial charge in [-0.3, -0.25) is 0 Å². The number of rotatable bonds is 1. The fourth-order valence-corrected chi connectivity index (χ4v) is 1.89. The van der Waals surface area contributed by atoms with Gasteiger partial charge in [0, 0.05) is 13.0 Å². The van der Waals surface area contributed by atoms with Crippen molar-refractivity contribution in [3.63, 3.8) is 0 Å². The molecule has 0 aliphatic heterocycles. The Labute approximate surface area is 112 Å². The summed E-state index contributed by atoms with van der Waals surface area (Å²) >= 11 is 6.83. The summed E-state index contributed by atoms with van der Waals surface area (Å²) < 4.78 is 4.06. The van der Waals surface area contributed by atoms with E-state index >= 15 is 0 Å². The molecule has 0 amide bonds. The van der Waals surface area contributed by atoms with Gasteiger partial charge in [-0.2, -0.15) is 0 Å². The number of imidazole rings is 1. The second-order valence-corrected chi connectivity index (χ2v) is 4.39. The molecule has 1 fully saturated rings. The third-order valence-corrected chi connectivity index (χ3v) is 3.96. The van der Waals surface area contributed by atoms with Gasteiger partial charge >= 0.3 is 29.6 Å². The van der Waals surface area contributed by atoms with Crippen LogP contribution in [0.2, 0.25) is 0 Å². The summed E-state index contributed by atoms with van der Waals surface area (Å²) in [5.74, 6) is 1.91. The van der Waals surface area contributed by atoms with E-state index in [0.717, 1.165) is 9.21 Å². The Kier molecular flexibility index (Phi) is 3.87. The Morgan fingerprint density at radius 1 is 1.50 bits per heavy atom. The van der Waals surface area contributed by atoms with Crippen molar-refractivity contribution >= 4 is 31.9 Å². The quantitative estimate of drug-likeness (QED) is 0.665. The van der Waals surface area contributed by atoms with E-state index in [9.17, 15) is 0 Å². The zero-order valence-electron chi connectivity index (χ0n) is 8.14. The van der Waals surface area contributed by atoms with Crippen molar-refractivity contribution in [2.45, 2.75) is 18.8 Å². The van der Waals surface area contributed by atoms with Crippen molar-refractivity contribution in [3.05, 3.63) is 15.0 Å². The first-order valence-corrected chi connectivity index (χ1v) is 5.16. The third kappa shape index (κ3) is 1.98. The van der Waals surface area contributed by atoms with Gasteiger partial charge in [0.05, 0.1) is 0 Å². The second-order valence-electron chi connectivity index (χ2n) is 2.88. The van der Waals surface area contributed by atoms with Crippen LogP contribution in [-0.2, 0) is 7.05 Å². The van der Waals surface area contributed by atoms with Crippen LogP contribution in [0.25, 0.3) is 0 Å². The number of nitrogens with zero attached hydrogens (tertiary/aromatic N) is 2. The molecule has 0 aromatic carbocycles. The van der Waals surface area contributed by atoms with Gasteiger partial charge in [-0.15, -0.1) is 0 Å². The number of aromatic nitrogens is 2. The van der Waals surface area contributed by atoms with Crippen LogP contribution in [0.5, 0.6) is 0 Å². The molecule has 1 aromatic heterocycles. The van der Waals surface area contributed by atoms with Gasteiger partial charge in [-0.25, -0.2) is 4.98 Å². The molecule has 1 aromatic rings. The molecule has 1 aliphatic rings. The molecule has 1 aliphatic carbocycles. The number of hydrogen-bond donors (Lipinski definition) is 0. The van der Waals surface area contributed by atoms with Crippen LogP contribution in [0, 0.1) is 0 Å². The topological polar surface area (TPSA) is 17.8 Å². The largest absolute Gasteiger partial charge is 1.00 e. The van der Waals surface area contributed by atoms with E-state index in [2.05, 4.69) is 41.4 Å². The molecule has 5 heteroatoms. The van der Waals surface area contributed by atoms with Gasteiger partial charge in [-0.05, 0) is 44.7 Å². The molecule has 2 rings (SSSR count). The minimum atomic E-state index is 0. The van der Waals surface area contributed by atoms with Crippen molar-refractivity contribution in [1.29, 1.82) is 0 Å². The van der Waals surface area contributed by atoms with Gasteiger partial charge in [0.15, 0.2) is 0 Å². The average Bonchev–Trinajstić information content (AvgIpc) is 2.76. The summed E-state index contributed by atoms with van der Waals surface area (Å²) in [6, 6.07) is 0. The molecule has 0 spiro atoms. The van der Waals surface area contributed by atoms with Crippen LogP contribution in [-0.4, -0.2) is 9.55 Å². The minimum absolute atomic E-state index is 0. The first-order valence-electron chi connectivity index (χ1n) is 3.57. The third-order valence-electron chi connectivity index (χ3n) is 1.96. The Balaban J connectivity index is 0.000000720. The molecule has 12 heavy (non-hydrogen) atoms. The van der Waals surface area contributed by atoms with E-state index in [0.29, 0.717) is 5.92 Å². The molecular weight excluding hydrogens is 295 g/mol. The van der Waals surface area contributed by atoms with Crippen LogP contribution in [0.1, 0.15) is 26.0 Å². The van der Waals surface area contributed by atoms with Gasteiger partial charge in [0.1, 0.15) is 15.0 Å². The maximum atomic E-state index is 4.40. The average molecular weight is 304 g/mol. The van der Waals surface area contributed by atoms with Crippen LogP contribution in [0.15, 0.2) is 9.21 Å². The van der Waals surface area contributed by atoms with Crippen molar-refractivity contribution < 1.29 is 31.0 Å². The van der Waals surface area contributed by atoms with E-state index in [1.54, 1.807) is 0 Å². The fraction of sp³-hybridized carbons (Fsp3) is 0.571. The zero-order valence-corrected chi connectivity index (χ0v) is 12.3. The maximum Gasteiger partial charge on any atom is 1.00 e. The van der Waals surface area contributed by atoms with Crippen molar-refractivity contribution in [2.75, 3.05) is 0 Å². The molecule has 62 valence electrons. The van der Waals surface area contributed by atoms with Crippen LogP contribution in [0.3, 0.4) is 0 Å². The monoisotopic (exact) mass is 302 g/mol. The Bertz CT molecular complexity index is 299. The van der Waals surface area contributed by atoms with Crippen molar-refractivity contribution in [3.8, 4) is 0 Å². The molecule has 0 atom stereocenters. The van der Waals surface area contributed by atoms with E-state index in [-0.39, 0.29) is 31.0 Å². The summed E-state index contributed by atoms with van der Waals surface area (Å²) in [6.07, 6.45) is 2.59. The van der Waals surface area contributed by atoms with Gasteiger partial charge in [0.2, 0.25) is 0 Å². The van der Waals surface area contributed by atoms with Gasteiger partial charge in [0.25, 0.3) is 0 Å². The molecule has 1 saturated carbocycles. The molecule has 0 unspecified atom stereocenters. The standard InChI is InChI=1S/C7H8Br2N2.Na.H/c1-11-6(9)5(8)10-7(11)4-2-3-4;;/h4H,2-3H2,1H3;;/q;+1;-1. The summed E-state index contributed by atoms with van der Waals surface area (Å²) in [4.78, 5) is 4.40. The predicted molar refractivity (Wildman–Crippen MR) is 51.7 cm³/mol. The minimum Gasteiger partial charge on any atom is -1.00 e. The van der Waals surface area contributed by atoms with E-state index in [1.165, 1.54) is 18.7 Å². The van der Waals surface area contributed by atoms with E-state index in [1.807, 2.05) is 7.05 Å². The van der Waals surface area contributed by atoms with Gasteiger partial charge < -0.3 is 5.99 Å². The molecular formula is C7H9Br2N2Na. The normalized spacial score (nSPS) is 15.9. The van der Waals surface area contributed by atoms with Crippen LogP contribution < -0.4 is 29.6 Å². The first kappa shape index (κ1) is 11.2. The molecule has 1 heterocycles. The SMILES string of the molecule is Cn1c(C2CC2)nc(Br)c1Br.[H-].[Na+]. The Morgan fingerprint density at radius 2 is 2.08 bits per heavy atom. The Morgan fingerprint density at radius 3 is 2.42 bits per heavy atom. The number of halogens is 2. The first-order chi connectivity index (χ1) is 5.20. The van der Waals surface area contributed by atoms with Crippen LogP contribution in [0.4, 0.5) is 0 Å². The van der Waals surface area contributed by atoms with Crippen molar-refractivity contribution in [2.24, 2.45) is 7.05 Å². The molecule has 0 saturated heterocycles. The van der Waals surface area contributed by atoms with Gasteiger partial charge in [-0.1, -0.05) is 0 Å². The molecule has 0 N–H and O–H groups in total.